The lowest BCUT2D eigenvalue weighted by atomic mass is 9.77. The molecule has 142 valence electrons. The van der Waals surface area contributed by atoms with Crippen LogP contribution in [0.3, 0.4) is 0 Å². The van der Waals surface area contributed by atoms with E-state index in [1.165, 1.54) is 68.9 Å². The Labute approximate surface area is 165 Å². The molecule has 0 saturated heterocycles. The number of aryl methyl sites for hydroxylation is 1. The molecule has 0 atom stereocenters. The molecule has 1 nitrogen and oxygen atoms in total. The van der Waals surface area contributed by atoms with Gasteiger partial charge in [-0.2, -0.15) is 0 Å². The average Bonchev–Trinajstić information content (AvgIpc) is 2.72. The van der Waals surface area contributed by atoms with Crippen molar-refractivity contribution in [2.75, 3.05) is 0 Å². The molecule has 0 radical (unpaired) electrons. The molecule has 0 aliphatic heterocycles. The van der Waals surface area contributed by atoms with Crippen LogP contribution in [0.25, 0.3) is 0 Å². The maximum Gasteiger partial charge on any atom is 0.113 e. The first-order valence-corrected chi connectivity index (χ1v) is 10.8. The van der Waals surface area contributed by atoms with E-state index in [0.29, 0.717) is 0 Å². The topological polar surface area (TPSA) is 12.9 Å². The number of nitrogens with zero attached hydrogens (tertiary/aromatic N) is 1. The van der Waals surface area contributed by atoms with Crippen LogP contribution in [0.4, 0.5) is 0 Å². The molecule has 1 aromatic heterocycles. The number of unbranched alkanes of at least 4 members (excludes halogenated alkanes) is 3. The third-order valence-corrected chi connectivity index (χ3v) is 5.94. The van der Waals surface area contributed by atoms with Gasteiger partial charge in [-0.25, -0.2) is 4.98 Å². The van der Waals surface area contributed by atoms with Gasteiger partial charge in [-0.15, -0.1) is 0 Å². The summed E-state index contributed by atoms with van der Waals surface area (Å²) in [5, 5.41) is 0. The van der Waals surface area contributed by atoms with Crippen molar-refractivity contribution in [3.8, 4) is 11.8 Å². The third-order valence-electron chi connectivity index (χ3n) is 5.94. The molecular weight excluding hydrogens is 326 g/mol. The first-order chi connectivity index (χ1) is 13.2. The highest BCUT2D eigenvalue weighted by Gasteiger charge is 2.21. The summed E-state index contributed by atoms with van der Waals surface area (Å²) in [7, 11) is 0. The monoisotopic (exact) mass is 359 g/mol. The number of rotatable bonds is 6. The zero-order chi connectivity index (χ0) is 18.9. The molecular formula is C26H33N. The van der Waals surface area contributed by atoms with E-state index in [1.807, 2.05) is 19.2 Å². The quantitative estimate of drug-likeness (QED) is 0.398. The summed E-state index contributed by atoms with van der Waals surface area (Å²) >= 11 is 0. The molecule has 1 aromatic carbocycles. The summed E-state index contributed by atoms with van der Waals surface area (Å²) in [5.41, 5.74) is 4.58. The van der Waals surface area contributed by atoms with Crippen LogP contribution >= 0.6 is 0 Å². The molecule has 1 fully saturated rings. The highest BCUT2D eigenvalue weighted by Crippen LogP contribution is 2.37. The van der Waals surface area contributed by atoms with Crippen molar-refractivity contribution in [3.05, 3.63) is 65.0 Å². The normalized spacial score (nSPS) is 19.3. The van der Waals surface area contributed by atoms with E-state index < -0.39 is 0 Å². The number of hydrogen-bond donors (Lipinski definition) is 0. The van der Waals surface area contributed by atoms with Crippen molar-refractivity contribution >= 4 is 0 Å². The van der Waals surface area contributed by atoms with E-state index in [-0.39, 0.29) is 0 Å². The highest BCUT2D eigenvalue weighted by molar-refractivity contribution is 5.41. The second-order valence-corrected chi connectivity index (χ2v) is 8.16. The maximum absolute atomic E-state index is 4.35. The minimum absolute atomic E-state index is 0.748. The van der Waals surface area contributed by atoms with Gasteiger partial charge < -0.3 is 0 Å². The molecule has 1 heterocycles. The molecule has 1 aliphatic carbocycles. The lowest BCUT2D eigenvalue weighted by Crippen LogP contribution is -2.13. The maximum atomic E-state index is 4.35. The third kappa shape index (κ3) is 6.24. The lowest BCUT2D eigenvalue weighted by molar-refractivity contribution is 0.302. The van der Waals surface area contributed by atoms with Gasteiger partial charge in [0.2, 0.25) is 0 Å². The second kappa shape index (κ2) is 10.3. The summed E-state index contributed by atoms with van der Waals surface area (Å²) in [5.74, 6) is 8.12. The Morgan fingerprint density at radius 1 is 0.889 bits per heavy atom. The van der Waals surface area contributed by atoms with E-state index in [2.05, 4.69) is 54.1 Å². The minimum Gasteiger partial charge on any atom is -0.248 e. The molecule has 0 N–H and O–H groups in total. The van der Waals surface area contributed by atoms with Crippen LogP contribution in [0, 0.1) is 24.7 Å². The number of pyridine rings is 1. The van der Waals surface area contributed by atoms with Gasteiger partial charge in [0.25, 0.3) is 0 Å². The largest absolute Gasteiger partial charge is 0.248 e. The molecule has 0 amide bonds. The molecule has 3 rings (SSSR count). The van der Waals surface area contributed by atoms with Gasteiger partial charge in [-0.3, -0.25) is 0 Å². The molecule has 0 spiro atoms. The van der Waals surface area contributed by atoms with E-state index in [0.717, 1.165) is 23.1 Å². The van der Waals surface area contributed by atoms with Crippen molar-refractivity contribution in [3.63, 3.8) is 0 Å². The first kappa shape index (κ1) is 19.7. The Balaban J connectivity index is 1.49. The van der Waals surface area contributed by atoms with Crippen LogP contribution in [0.1, 0.15) is 93.0 Å². The van der Waals surface area contributed by atoms with Crippen molar-refractivity contribution in [1.82, 2.24) is 4.98 Å². The van der Waals surface area contributed by atoms with Crippen LogP contribution < -0.4 is 0 Å². The Hall–Kier alpha value is -2.07. The fourth-order valence-corrected chi connectivity index (χ4v) is 4.16. The Bertz CT molecular complexity index is 738. The van der Waals surface area contributed by atoms with Crippen LogP contribution in [0.15, 0.2) is 42.6 Å². The predicted octanol–water partition coefficient (Wildman–Crippen LogP) is 7.03. The zero-order valence-electron chi connectivity index (χ0n) is 17.0. The van der Waals surface area contributed by atoms with Crippen LogP contribution in [-0.2, 0) is 0 Å². The van der Waals surface area contributed by atoms with Gasteiger partial charge in [-0.05, 0) is 79.7 Å². The molecule has 2 aromatic rings. The Morgan fingerprint density at radius 2 is 1.67 bits per heavy atom. The van der Waals surface area contributed by atoms with Gasteiger partial charge in [0.1, 0.15) is 5.69 Å². The van der Waals surface area contributed by atoms with Gasteiger partial charge in [-0.1, -0.05) is 63.1 Å². The fraction of sp³-hybridized carbons (Fsp3) is 0.500. The smallest absolute Gasteiger partial charge is 0.113 e. The summed E-state index contributed by atoms with van der Waals surface area (Å²) < 4.78 is 0. The van der Waals surface area contributed by atoms with Crippen LogP contribution in [-0.4, -0.2) is 4.98 Å². The molecule has 1 saturated carbocycles. The van der Waals surface area contributed by atoms with Crippen molar-refractivity contribution in [2.24, 2.45) is 5.92 Å². The van der Waals surface area contributed by atoms with E-state index in [9.17, 15) is 0 Å². The number of aromatic nitrogens is 1. The number of benzene rings is 1. The zero-order valence-corrected chi connectivity index (χ0v) is 17.0. The second-order valence-electron chi connectivity index (χ2n) is 8.16. The summed E-state index contributed by atoms with van der Waals surface area (Å²) in [6.07, 6.45) is 14.5. The SMILES string of the molecule is CCCCCCC1CCC(c2ccc(C#Cc3ccc(C)cn3)cc2)CC1. The van der Waals surface area contributed by atoms with E-state index >= 15 is 0 Å². The van der Waals surface area contributed by atoms with E-state index in [4.69, 9.17) is 0 Å². The molecule has 0 unspecified atom stereocenters. The van der Waals surface area contributed by atoms with Crippen molar-refractivity contribution in [1.29, 1.82) is 0 Å². The Kier molecular flexibility index (Phi) is 7.52. The fourth-order valence-electron chi connectivity index (χ4n) is 4.16. The molecule has 1 heteroatoms. The van der Waals surface area contributed by atoms with Crippen molar-refractivity contribution in [2.45, 2.75) is 77.6 Å². The van der Waals surface area contributed by atoms with Crippen LogP contribution in [0.2, 0.25) is 0 Å². The van der Waals surface area contributed by atoms with Gasteiger partial charge in [0.15, 0.2) is 0 Å². The first-order valence-electron chi connectivity index (χ1n) is 10.8. The molecule has 0 bridgehead atoms. The lowest BCUT2D eigenvalue weighted by Gasteiger charge is -2.29. The van der Waals surface area contributed by atoms with Gasteiger partial charge >= 0.3 is 0 Å². The van der Waals surface area contributed by atoms with Crippen LogP contribution in [0.5, 0.6) is 0 Å². The standard InChI is InChI=1S/C26H33N/c1-3-4-5-6-7-22-9-14-24(15-10-22)25-16-11-23(12-17-25)13-19-26-18-8-21(2)20-27-26/h8,11-12,16-18,20,22,24H,3-7,9-10,14-15H2,1-2H3. The highest BCUT2D eigenvalue weighted by atomic mass is 14.7. The van der Waals surface area contributed by atoms with E-state index in [1.54, 1.807) is 0 Å². The average molecular weight is 360 g/mol. The minimum atomic E-state index is 0.748. The summed E-state index contributed by atoms with van der Waals surface area (Å²) in [4.78, 5) is 4.35. The number of hydrogen-bond acceptors (Lipinski definition) is 1. The Morgan fingerprint density at radius 3 is 2.33 bits per heavy atom. The molecule has 27 heavy (non-hydrogen) atoms. The van der Waals surface area contributed by atoms with Gasteiger partial charge in [0, 0.05) is 11.8 Å². The van der Waals surface area contributed by atoms with Gasteiger partial charge in [0.05, 0.1) is 0 Å². The summed E-state index contributed by atoms with van der Waals surface area (Å²) in [6, 6.07) is 13.0. The molecule has 1 aliphatic rings. The summed E-state index contributed by atoms with van der Waals surface area (Å²) in [6.45, 7) is 4.34. The van der Waals surface area contributed by atoms with Crippen molar-refractivity contribution < 1.29 is 0 Å². The predicted molar refractivity (Wildman–Crippen MR) is 115 cm³/mol.